The fourth-order valence-electron chi connectivity index (χ4n) is 1.96. The van der Waals surface area contributed by atoms with Crippen LogP contribution in [-0.4, -0.2) is 41.1 Å². The fourth-order valence-corrected chi connectivity index (χ4v) is 1.96. The van der Waals surface area contributed by atoms with Crippen LogP contribution >= 0.6 is 0 Å². The number of nitrogens with zero attached hydrogens (tertiary/aromatic N) is 1. The minimum atomic E-state index is -0.141. The van der Waals surface area contributed by atoms with Crippen molar-refractivity contribution in [3.05, 3.63) is 35.9 Å². The molecule has 0 bridgehead atoms. The van der Waals surface area contributed by atoms with Crippen LogP contribution in [0.4, 0.5) is 0 Å². The Morgan fingerprint density at radius 3 is 2.62 bits per heavy atom. The summed E-state index contributed by atoms with van der Waals surface area (Å²) in [6.45, 7) is 0.789. The minimum Gasteiger partial charge on any atom is -0.394 e. The zero-order chi connectivity index (χ0) is 11.4. The molecule has 0 spiro atoms. The standard InChI is InChI=1S/C12H17NO3/c14-8-11-6-7-13(16-11)12(9-15)10-4-2-1-3-5-10/h1-5,11-12,14-15H,6-9H2/t11-,12-/m0/s1. The zero-order valence-electron chi connectivity index (χ0n) is 9.12. The number of rotatable bonds is 4. The SMILES string of the molecule is OC[C@@H]1CCN([C@@H](CO)c2ccccc2)O1. The molecule has 0 unspecified atom stereocenters. The first-order chi connectivity index (χ1) is 7.85. The predicted octanol–water partition coefficient (Wildman–Crippen LogP) is 0.718. The van der Waals surface area contributed by atoms with E-state index in [0.717, 1.165) is 18.5 Å². The molecule has 1 saturated heterocycles. The summed E-state index contributed by atoms with van der Waals surface area (Å²) in [5.41, 5.74) is 1.03. The molecule has 1 fully saturated rings. The van der Waals surface area contributed by atoms with Crippen molar-refractivity contribution in [1.29, 1.82) is 0 Å². The Hall–Kier alpha value is -0.940. The smallest absolute Gasteiger partial charge is 0.104 e. The van der Waals surface area contributed by atoms with Gasteiger partial charge < -0.3 is 10.2 Å². The molecule has 0 radical (unpaired) electrons. The van der Waals surface area contributed by atoms with E-state index in [0.29, 0.717) is 0 Å². The first kappa shape index (κ1) is 11.5. The fraction of sp³-hybridized carbons (Fsp3) is 0.500. The summed E-state index contributed by atoms with van der Waals surface area (Å²) in [6, 6.07) is 9.62. The lowest BCUT2D eigenvalue weighted by Crippen LogP contribution is -2.28. The van der Waals surface area contributed by atoms with Gasteiger partial charge in [0, 0.05) is 6.54 Å². The molecule has 2 rings (SSSR count). The average molecular weight is 223 g/mol. The van der Waals surface area contributed by atoms with E-state index in [2.05, 4.69) is 0 Å². The molecule has 88 valence electrons. The van der Waals surface area contributed by atoms with Gasteiger partial charge in [-0.3, -0.25) is 4.84 Å². The third kappa shape index (κ3) is 2.41. The van der Waals surface area contributed by atoms with E-state index in [-0.39, 0.29) is 25.4 Å². The Bertz CT molecular complexity index is 317. The van der Waals surface area contributed by atoms with E-state index in [1.165, 1.54) is 0 Å². The van der Waals surface area contributed by atoms with E-state index in [4.69, 9.17) is 9.94 Å². The van der Waals surface area contributed by atoms with Gasteiger partial charge in [-0.2, -0.15) is 5.06 Å². The van der Waals surface area contributed by atoms with Crippen molar-refractivity contribution >= 4 is 0 Å². The van der Waals surface area contributed by atoms with Crippen LogP contribution in [0.15, 0.2) is 30.3 Å². The monoisotopic (exact) mass is 223 g/mol. The van der Waals surface area contributed by atoms with Crippen LogP contribution in [0, 0.1) is 0 Å². The molecule has 2 atom stereocenters. The molecule has 2 N–H and O–H groups in total. The van der Waals surface area contributed by atoms with E-state index in [1.54, 1.807) is 5.06 Å². The number of aliphatic hydroxyl groups excluding tert-OH is 2. The summed E-state index contributed by atoms with van der Waals surface area (Å²) in [4.78, 5) is 5.54. The Labute approximate surface area is 95.0 Å². The van der Waals surface area contributed by atoms with Crippen molar-refractivity contribution in [3.8, 4) is 0 Å². The van der Waals surface area contributed by atoms with Gasteiger partial charge >= 0.3 is 0 Å². The summed E-state index contributed by atoms with van der Waals surface area (Å²) >= 11 is 0. The van der Waals surface area contributed by atoms with Gasteiger partial charge in [-0.25, -0.2) is 0 Å². The lowest BCUT2D eigenvalue weighted by Gasteiger charge is -2.25. The number of hydrogen-bond acceptors (Lipinski definition) is 4. The first-order valence-electron chi connectivity index (χ1n) is 5.55. The summed E-state index contributed by atoms with van der Waals surface area (Å²) in [5.74, 6) is 0. The van der Waals surface area contributed by atoms with Crippen molar-refractivity contribution in [2.45, 2.75) is 18.6 Å². The molecular formula is C12H17NO3. The van der Waals surface area contributed by atoms with Crippen molar-refractivity contribution in [2.24, 2.45) is 0 Å². The molecule has 1 aromatic rings. The van der Waals surface area contributed by atoms with E-state index in [9.17, 15) is 5.11 Å². The van der Waals surface area contributed by atoms with Crippen molar-refractivity contribution in [1.82, 2.24) is 5.06 Å². The topological polar surface area (TPSA) is 52.9 Å². The second-order valence-electron chi connectivity index (χ2n) is 3.95. The summed E-state index contributed by atoms with van der Waals surface area (Å²) in [5, 5.41) is 20.2. The van der Waals surface area contributed by atoms with Crippen LogP contribution in [0.5, 0.6) is 0 Å². The van der Waals surface area contributed by atoms with Crippen LogP contribution in [0.25, 0.3) is 0 Å². The maximum Gasteiger partial charge on any atom is 0.104 e. The summed E-state index contributed by atoms with van der Waals surface area (Å²) < 4.78 is 0. The second-order valence-corrected chi connectivity index (χ2v) is 3.95. The molecule has 4 heteroatoms. The van der Waals surface area contributed by atoms with Gasteiger partial charge in [0.15, 0.2) is 0 Å². The average Bonchev–Trinajstić information content (AvgIpc) is 2.80. The van der Waals surface area contributed by atoms with E-state index >= 15 is 0 Å². The lowest BCUT2D eigenvalue weighted by molar-refractivity contribution is -0.188. The molecule has 16 heavy (non-hydrogen) atoms. The quantitative estimate of drug-likeness (QED) is 0.789. The van der Waals surface area contributed by atoms with Gasteiger partial charge in [0.2, 0.25) is 0 Å². The maximum atomic E-state index is 9.41. The van der Waals surface area contributed by atoms with E-state index < -0.39 is 0 Å². The van der Waals surface area contributed by atoms with Gasteiger partial charge in [0.05, 0.1) is 19.3 Å². The lowest BCUT2D eigenvalue weighted by atomic mass is 10.1. The van der Waals surface area contributed by atoms with Crippen molar-refractivity contribution < 1.29 is 15.1 Å². The van der Waals surface area contributed by atoms with Gasteiger partial charge in [0.25, 0.3) is 0 Å². The highest BCUT2D eigenvalue weighted by Crippen LogP contribution is 2.26. The Morgan fingerprint density at radius 1 is 1.31 bits per heavy atom. The number of aliphatic hydroxyl groups is 2. The number of benzene rings is 1. The molecule has 1 heterocycles. The molecule has 0 aliphatic carbocycles. The highest BCUT2D eigenvalue weighted by molar-refractivity contribution is 5.18. The molecule has 0 aromatic heterocycles. The number of hydrogen-bond donors (Lipinski definition) is 2. The highest BCUT2D eigenvalue weighted by Gasteiger charge is 2.29. The molecule has 1 aliphatic rings. The molecule has 4 nitrogen and oxygen atoms in total. The normalized spacial score (nSPS) is 23.5. The second kappa shape index (κ2) is 5.41. The van der Waals surface area contributed by atoms with Crippen LogP contribution in [0.1, 0.15) is 18.0 Å². The van der Waals surface area contributed by atoms with Gasteiger partial charge in [0.1, 0.15) is 6.10 Å². The van der Waals surface area contributed by atoms with Gasteiger partial charge in [-0.1, -0.05) is 30.3 Å². The largest absolute Gasteiger partial charge is 0.394 e. The van der Waals surface area contributed by atoms with Crippen molar-refractivity contribution in [3.63, 3.8) is 0 Å². The van der Waals surface area contributed by atoms with Crippen LogP contribution in [0.3, 0.4) is 0 Å². The molecule has 1 aliphatic heterocycles. The minimum absolute atomic E-state index is 0.0160. The predicted molar refractivity (Wildman–Crippen MR) is 59.6 cm³/mol. The van der Waals surface area contributed by atoms with Gasteiger partial charge in [-0.15, -0.1) is 0 Å². The Morgan fingerprint density at radius 2 is 2.06 bits per heavy atom. The highest BCUT2D eigenvalue weighted by atomic mass is 16.7. The molecular weight excluding hydrogens is 206 g/mol. The summed E-state index contributed by atoms with van der Waals surface area (Å²) in [7, 11) is 0. The Balaban J connectivity index is 2.06. The summed E-state index contributed by atoms with van der Waals surface area (Å²) in [6.07, 6.45) is 0.678. The molecule has 1 aromatic carbocycles. The van der Waals surface area contributed by atoms with Crippen LogP contribution in [-0.2, 0) is 4.84 Å². The zero-order valence-corrected chi connectivity index (χ0v) is 9.12. The third-order valence-electron chi connectivity index (χ3n) is 2.86. The van der Waals surface area contributed by atoms with E-state index in [1.807, 2.05) is 30.3 Å². The van der Waals surface area contributed by atoms with Crippen LogP contribution in [0.2, 0.25) is 0 Å². The molecule has 0 saturated carbocycles. The molecule has 0 amide bonds. The van der Waals surface area contributed by atoms with Crippen molar-refractivity contribution in [2.75, 3.05) is 19.8 Å². The third-order valence-corrected chi connectivity index (χ3v) is 2.86. The maximum absolute atomic E-state index is 9.41. The Kier molecular flexibility index (Phi) is 3.90. The number of hydroxylamine groups is 2. The van der Waals surface area contributed by atoms with Gasteiger partial charge in [-0.05, 0) is 12.0 Å². The first-order valence-corrected chi connectivity index (χ1v) is 5.55. The van der Waals surface area contributed by atoms with Crippen LogP contribution < -0.4 is 0 Å².